The molecule has 0 bridgehead atoms. The smallest absolute Gasteiger partial charge is 0.136 e. The molecule has 152 valence electrons. The fourth-order valence-electron chi connectivity index (χ4n) is 5.70. The van der Waals surface area contributed by atoms with Crippen LogP contribution in [-0.4, -0.2) is 0 Å². The molecular formula is C32H18O. The van der Waals surface area contributed by atoms with E-state index in [4.69, 9.17) is 4.42 Å². The highest BCUT2D eigenvalue weighted by Crippen LogP contribution is 2.41. The summed E-state index contributed by atoms with van der Waals surface area (Å²) >= 11 is 0. The van der Waals surface area contributed by atoms with Crippen LogP contribution in [-0.2, 0) is 0 Å². The highest BCUT2D eigenvalue weighted by Gasteiger charge is 2.15. The molecule has 0 spiro atoms. The summed E-state index contributed by atoms with van der Waals surface area (Å²) in [5.41, 5.74) is 4.30. The van der Waals surface area contributed by atoms with Crippen molar-refractivity contribution >= 4 is 65.0 Å². The SMILES string of the molecule is c1ccc2c(c1)ccc1oc3cc(-c4ccc5ccc6cccc7ccc4c5c67)ccc3c12. The maximum atomic E-state index is 6.35. The van der Waals surface area contributed by atoms with Crippen molar-refractivity contribution in [3.05, 3.63) is 109 Å². The summed E-state index contributed by atoms with van der Waals surface area (Å²) in [5.74, 6) is 0. The summed E-state index contributed by atoms with van der Waals surface area (Å²) < 4.78 is 6.35. The van der Waals surface area contributed by atoms with Gasteiger partial charge in [-0.2, -0.15) is 0 Å². The number of furan rings is 1. The van der Waals surface area contributed by atoms with Crippen molar-refractivity contribution in [2.24, 2.45) is 0 Å². The van der Waals surface area contributed by atoms with E-state index in [0.717, 1.165) is 11.2 Å². The lowest BCUT2D eigenvalue weighted by molar-refractivity contribution is 0.669. The van der Waals surface area contributed by atoms with Crippen LogP contribution in [0.2, 0.25) is 0 Å². The first-order valence-corrected chi connectivity index (χ1v) is 11.4. The largest absolute Gasteiger partial charge is 0.456 e. The molecular weight excluding hydrogens is 400 g/mol. The van der Waals surface area contributed by atoms with Gasteiger partial charge in [0.25, 0.3) is 0 Å². The van der Waals surface area contributed by atoms with E-state index in [0.29, 0.717) is 0 Å². The van der Waals surface area contributed by atoms with Gasteiger partial charge in [-0.3, -0.25) is 0 Å². The third kappa shape index (κ3) is 2.26. The molecule has 0 fully saturated rings. The molecule has 8 rings (SSSR count). The van der Waals surface area contributed by atoms with Gasteiger partial charge in [0.05, 0.1) is 0 Å². The lowest BCUT2D eigenvalue weighted by Crippen LogP contribution is -1.87. The van der Waals surface area contributed by atoms with Gasteiger partial charge in [0.15, 0.2) is 0 Å². The molecule has 0 N–H and O–H groups in total. The molecule has 0 aliphatic heterocycles. The molecule has 0 amide bonds. The molecule has 0 saturated carbocycles. The van der Waals surface area contributed by atoms with E-state index in [1.54, 1.807) is 0 Å². The second kappa shape index (κ2) is 6.11. The summed E-state index contributed by atoms with van der Waals surface area (Å²) in [6.07, 6.45) is 0. The Morgan fingerprint density at radius 3 is 2.00 bits per heavy atom. The summed E-state index contributed by atoms with van der Waals surface area (Å²) in [7, 11) is 0. The number of hydrogen-bond donors (Lipinski definition) is 0. The second-order valence-electron chi connectivity index (χ2n) is 8.94. The molecule has 0 aliphatic rings. The fraction of sp³-hybridized carbons (Fsp3) is 0. The average molecular weight is 418 g/mol. The van der Waals surface area contributed by atoms with Crippen molar-refractivity contribution < 1.29 is 4.42 Å². The molecule has 0 unspecified atom stereocenters. The van der Waals surface area contributed by atoms with E-state index in [1.165, 1.54) is 65.0 Å². The maximum Gasteiger partial charge on any atom is 0.136 e. The molecule has 0 radical (unpaired) electrons. The molecule has 1 heteroatoms. The lowest BCUT2D eigenvalue weighted by Gasteiger charge is -2.14. The van der Waals surface area contributed by atoms with Gasteiger partial charge in [-0.1, -0.05) is 91.0 Å². The Bertz CT molecular complexity index is 2010. The minimum absolute atomic E-state index is 0.935. The fourth-order valence-corrected chi connectivity index (χ4v) is 5.70. The van der Waals surface area contributed by atoms with Crippen LogP contribution < -0.4 is 0 Å². The number of benzene rings is 7. The van der Waals surface area contributed by atoms with Crippen molar-refractivity contribution in [1.82, 2.24) is 0 Å². The maximum absolute atomic E-state index is 6.35. The van der Waals surface area contributed by atoms with Gasteiger partial charge in [-0.05, 0) is 72.4 Å². The quantitative estimate of drug-likeness (QED) is 0.242. The normalized spacial score (nSPS) is 12.2. The molecule has 7 aromatic carbocycles. The summed E-state index contributed by atoms with van der Waals surface area (Å²) in [4.78, 5) is 0. The monoisotopic (exact) mass is 418 g/mol. The number of rotatable bonds is 1. The third-order valence-electron chi connectivity index (χ3n) is 7.20. The first kappa shape index (κ1) is 17.2. The lowest BCUT2D eigenvalue weighted by atomic mass is 9.89. The van der Waals surface area contributed by atoms with Crippen LogP contribution >= 0.6 is 0 Å². The number of hydrogen-bond acceptors (Lipinski definition) is 1. The van der Waals surface area contributed by atoms with Gasteiger partial charge in [-0.25, -0.2) is 0 Å². The van der Waals surface area contributed by atoms with E-state index < -0.39 is 0 Å². The summed E-state index contributed by atoms with van der Waals surface area (Å²) in [6, 6.07) is 39.5. The topological polar surface area (TPSA) is 13.1 Å². The molecule has 1 nitrogen and oxygen atoms in total. The second-order valence-corrected chi connectivity index (χ2v) is 8.94. The summed E-state index contributed by atoms with van der Waals surface area (Å²) in [6.45, 7) is 0. The standard InChI is InChI=1S/C32H18O/c1-2-7-25-19(4-1)13-17-28-32(25)27-16-12-23(18-29(27)33-28)24-14-10-22-9-8-20-5-3-6-21-11-15-26(24)31(22)30(20)21/h1-18H. The minimum Gasteiger partial charge on any atom is -0.456 e. The molecule has 0 aliphatic carbocycles. The van der Waals surface area contributed by atoms with Gasteiger partial charge >= 0.3 is 0 Å². The highest BCUT2D eigenvalue weighted by molar-refractivity contribution is 6.26. The molecule has 0 saturated heterocycles. The Morgan fingerprint density at radius 1 is 0.394 bits per heavy atom. The molecule has 1 aromatic heterocycles. The van der Waals surface area contributed by atoms with E-state index in [1.807, 2.05) is 0 Å². The van der Waals surface area contributed by atoms with Gasteiger partial charge in [0, 0.05) is 10.8 Å². The zero-order valence-electron chi connectivity index (χ0n) is 17.8. The predicted molar refractivity (Wildman–Crippen MR) is 140 cm³/mol. The van der Waals surface area contributed by atoms with Crippen LogP contribution in [0, 0.1) is 0 Å². The van der Waals surface area contributed by atoms with Crippen LogP contribution in [0.3, 0.4) is 0 Å². The van der Waals surface area contributed by atoms with Crippen molar-refractivity contribution in [3.8, 4) is 11.1 Å². The van der Waals surface area contributed by atoms with Crippen LogP contribution in [0.5, 0.6) is 0 Å². The Labute approximate surface area is 189 Å². The van der Waals surface area contributed by atoms with Crippen LogP contribution in [0.1, 0.15) is 0 Å². The van der Waals surface area contributed by atoms with Gasteiger partial charge in [0.2, 0.25) is 0 Å². The predicted octanol–water partition coefficient (Wildman–Crippen LogP) is 9.30. The Hall–Kier alpha value is -4.36. The Kier molecular flexibility index (Phi) is 3.19. The summed E-state index contributed by atoms with van der Waals surface area (Å²) in [5, 5.41) is 12.7. The molecule has 1 heterocycles. The molecule has 0 atom stereocenters. The third-order valence-corrected chi connectivity index (χ3v) is 7.20. The molecule has 33 heavy (non-hydrogen) atoms. The van der Waals surface area contributed by atoms with Gasteiger partial charge < -0.3 is 4.42 Å². The Balaban J connectivity index is 1.44. The van der Waals surface area contributed by atoms with Crippen molar-refractivity contribution in [2.75, 3.05) is 0 Å². The first-order chi connectivity index (χ1) is 16.3. The Morgan fingerprint density at radius 2 is 1.09 bits per heavy atom. The number of fused-ring (bicyclic) bond motifs is 5. The van der Waals surface area contributed by atoms with Crippen molar-refractivity contribution in [2.45, 2.75) is 0 Å². The average Bonchev–Trinajstić information content (AvgIpc) is 3.25. The highest BCUT2D eigenvalue weighted by atomic mass is 16.3. The zero-order chi connectivity index (χ0) is 21.5. The first-order valence-electron chi connectivity index (χ1n) is 11.4. The van der Waals surface area contributed by atoms with Crippen LogP contribution in [0.15, 0.2) is 114 Å². The van der Waals surface area contributed by atoms with Crippen molar-refractivity contribution in [3.63, 3.8) is 0 Å². The van der Waals surface area contributed by atoms with E-state index in [2.05, 4.69) is 109 Å². The van der Waals surface area contributed by atoms with Gasteiger partial charge in [0.1, 0.15) is 11.2 Å². The minimum atomic E-state index is 0.935. The van der Waals surface area contributed by atoms with Crippen LogP contribution in [0.25, 0.3) is 76.2 Å². The zero-order valence-corrected chi connectivity index (χ0v) is 17.8. The van der Waals surface area contributed by atoms with E-state index >= 15 is 0 Å². The van der Waals surface area contributed by atoms with Gasteiger partial charge in [-0.15, -0.1) is 0 Å². The van der Waals surface area contributed by atoms with E-state index in [9.17, 15) is 0 Å². The van der Waals surface area contributed by atoms with Crippen molar-refractivity contribution in [1.29, 1.82) is 0 Å². The molecule has 8 aromatic rings. The van der Waals surface area contributed by atoms with E-state index in [-0.39, 0.29) is 0 Å². The van der Waals surface area contributed by atoms with Crippen LogP contribution in [0.4, 0.5) is 0 Å².